The van der Waals surface area contributed by atoms with Crippen molar-refractivity contribution in [1.82, 2.24) is 15.3 Å². The molecule has 1 heterocycles. The van der Waals surface area contributed by atoms with E-state index in [-0.39, 0.29) is 0 Å². The quantitative estimate of drug-likeness (QED) is 0.822. The van der Waals surface area contributed by atoms with Gasteiger partial charge in [0.25, 0.3) is 0 Å². The average molecular weight is 287 g/mol. The van der Waals surface area contributed by atoms with E-state index in [1.165, 1.54) is 12.8 Å². The second-order valence-corrected chi connectivity index (χ2v) is 5.38. The number of rotatable bonds is 7. The largest absolute Gasteiger partial charge is 0.497 e. The zero-order chi connectivity index (χ0) is 14.7. The first-order valence-corrected chi connectivity index (χ1v) is 7.27. The molecule has 0 atom stereocenters. The minimum absolute atomic E-state index is 0.767. The monoisotopic (exact) mass is 287 g/mol. The second-order valence-electron chi connectivity index (χ2n) is 5.38. The van der Waals surface area contributed by atoms with Gasteiger partial charge in [0.1, 0.15) is 17.3 Å². The standard InChI is InChI=1S/C16H21N3O2/c1-20-12-5-6-15(21-2)13(7-12)14-9-18-16(19-14)10-17-8-11-3-4-11/h5-7,9,11,17H,3-4,8,10H2,1-2H3,(H,18,19). The Bertz CT molecular complexity index is 605. The summed E-state index contributed by atoms with van der Waals surface area (Å²) in [5.74, 6) is 3.42. The van der Waals surface area contributed by atoms with Crippen molar-refractivity contribution in [1.29, 1.82) is 0 Å². The predicted molar refractivity (Wildman–Crippen MR) is 81.6 cm³/mol. The van der Waals surface area contributed by atoms with Gasteiger partial charge < -0.3 is 19.8 Å². The highest BCUT2D eigenvalue weighted by molar-refractivity contribution is 5.68. The van der Waals surface area contributed by atoms with E-state index in [0.29, 0.717) is 0 Å². The third-order valence-electron chi connectivity index (χ3n) is 3.75. The average Bonchev–Trinajstić information content (AvgIpc) is 3.22. The van der Waals surface area contributed by atoms with E-state index in [1.807, 2.05) is 24.4 Å². The van der Waals surface area contributed by atoms with Crippen LogP contribution >= 0.6 is 0 Å². The highest BCUT2D eigenvalue weighted by Gasteiger charge is 2.20. The number of nitrogens with zero attached hydrogens (tertiary/aromatic N) is 1. The van der Waals surface area contributed by atoms with Gasteiger partial charge in [-0.3, -0.25) is 0 Å². The number of methoxy groups -OCH3 is 2. The van der Waals surface area contributed by atoms with E-state index in [4.69, 9.17) is 9.47 Å². The maximum Gasteiger partial charge on any atom is 0.128 e. The molecule has 2 N–H and O–H groups in total. The Balaban J connectivity index is 1.74. The first-order valence-electron chi connectivity index (χ1n) is 7.27. The molecule has 0 radical (unpaired) electrons. The van der Waals surface area contributed by atoms with Crippen molar-refractivity contribution in [3.05, 3.63) is 30.2 Å². The highest BCUT2D eigenvalue weighted by atomic mass is 16.5. The van der Waals surface area contributed by atoms with Crippen LogP contribution in [0.5, 0.6) is 11.5 Å². The van der Waals surface area contributed by atoms with Gasteiger partial charge in [0, 0.05) is 5.56 Å². The smallest absolute Gasteiger partial charge is 0.128 e. The molecular weight excluding hydrogens is 266 g/mol. The molecule has 5 heteroatoms. The van der Waals surface area contributed by atoms with Crippen molar-refractivity contribution in [2.24, 2.45) is 5.92 Å². The zero-order valence-corrected chi connectivity index (χ0v) is 12.5. The van der Waals surface area contributed by atoms with Gasteiger partial charge in [-0.1, -0.05) is 0 Å². The summed E-state index contributed by atoms with van der Waals surface area (Å²) in [7, 11) is 3.32. The van der Waals surface area contributed by atoms with Gasteiger partial charge in [-0.2, -0.15) is 0 Å². The fraction of sp³-hybridized carbons (Fsp3) is 0.438. The minimum atomic E-state index is 0.767. The molecule has 21 heavy (non-hydrogen) atoms. The molecule has 2 aromatic rings. The lowest BCUT2D eigenvalue weighted by Crippen LogP contribution is -2.16. The Morgan fingerprint density at radius 1 is 1.29 bits per heavy atom. The normalized spacial score (nSPS) is 14.2. The number of ether oxygens (including phenoxy) is 2. The minimum Gasteiger partial charge on any atom is -0.497 e. The van der Waals surface area contributed by atoms with Crippen molar-refractivity contribution in [2.75, 3.05) is 20.8 Å². The molecule has 1 saturated carbocycles. The molecule has 112 valence electrons. The summed E-state index contributed by atoms with van der Waals surface area (Å²) in [6, 6.07) is 5.74. The Morgan fingerprint density at radius 3 is 2.86 bits per heavy atom. The molecule has 1 aliphatic rings. The van der Waals surface area contributed by atoms with E-state index in [0.717, 1.165) is 47.6 Å². The Hall–Kier alpha value is -2.01. The van der Waals surface area contributed by atoms with E-state index in [1.54, 1.807) is 14.2 Å². The highest BCUT2D eigenvalue weighted by Crippen LogP contribution is 2.32. The number of hydrogen-bond acceptors (Lipinski definition) is 4. The molecule has 1 aromatic carbocycles. The number of benzene rings is 1. The Labute approximate surface area is 124 Å². The lowest BCUT2D eigenvalue weighted by Gasteiger charge is -2.08. The number of aromatic nitrogens is 2. The van der Waals surface area contributed by atoms with Gasteiger partial charge in [0.05, 0.1) is 32.7 Å². The molecule has 0 amide bonds. The molecule has 1 aliphatic carbocycles. The molecule has 0 bridgehead atoms. The van der Waals surface area contributed by atoms with Crippen LogP contribution in [0.1, 0.15) is 18.7 Å². The molecule has 1 aromatic heterocycles. The molecule has 0 aliphatic heterocycles. The summed E-state index contributed by atoms with van der Waals surface area (Å²) in [6.45, 7) is 1.85. The van der Waals surface area contributed by atoms with Crippen LogP contribution in [0.15, 0.2) is 24.4 Å². The summed E-state index contributed by atoms with van der Waals surface area (Å²) in [5, 5.41) is 3.43. The summed E-state index contributed by atoms with van der Waals surface area (Å²) in [5.41, 5.74) is 1.90. The molecule has 0 unspecified atom stereocenters. The zero-order valence-electron chi connectivity index (χ0n) is 12.5. The molecule has 0 spiro atoms. The van der Waals surface area contributed by atoms with Crippen molar-refractivity contribution in [2.45, 2.75) is 19.4 Å². The van der Waals surface area contributed by atoms with Crippen LogP contribution in [0, 0.1) is 5.92 Å². The van der Waals surface area contributed by atoms with Crippen LogP contribution in [-0.2, 0) is 6.54 Å². The van der Waals surface area contributed by atoms with Gasteiger partial charge >= 0.3 is 0 Å². The number of hydrogen-bond donors (Lipinski definition) is 2. The van der Waals surface area contributed by atoms with Gasteiger partial charge in [-0.15, -0.1) is 0 Å². The number of nitrogens with one attached hydrogen (secondary N) is 2. The Kier molecular flexibility index (Phi) is 4.10. The molecule has 0 saturated heterocycles. The number of aromatic amines is 1. The van der Waals surface area contributed by atoms with E-state index in [2.05, 4.69) is 15.3 Å². The number of imidazole rings is 1. The second kappa shape index (κ2) is 6.18. The van der Waals surface area contributed by atoms with E-state index >= 15 is 0 Å². The fourth-order valence-corrected chi connectivity index (χ4v) is 2.33. The molecular formula is C16H21N3O2. The fourth-order valence-electron chi connectivity index (χ4n) is 2.33. The van der Waals surface area contributed by atoms with Gasteiger partial charge in [-0.05, 0) is 43.5 Å². The van der Waals surface area contributed by atoms with Crippen LogP contribution < -0.4 is 14.8 Å². The lowest BCUT2D eigenvalue weighted by atomic mass is 10.1. The van der Waals surface area contributed by atoms with Crippen LogP contribution in [-0.4, -0.2) is 30.7 Å². The third kappa shape index (κ3) is 3.36. The summed E-state index contributed by atoms with van der Waals surface area (Å²) >= 11 is 0. The maximum atomic E-state index is 5.41. The summed E-state index contributed by atoms with van der Waals surface area (Å²) < 4.78 is 10.7. The first-order chi connectivity index (χ1) is 10.3. The molecule has 1 fully saturated rings. The summed E-state index contributed by atoms with van der Waals surface area (Å²) in [6.07, 6.45) is 4.56. The van der Waals surface area contributed by atoms with E-state index < -0.39 is 0 Å². The van der Waals surface area contributed by atoms with Crippen molar-refractivity contribution in [3.63, 3.8) is 0 Å². The topological polar surface area (TPSA) is 59.2 Å². The van der Waals surface area contributed by atoms with Gasteiger partial charge in [-0.25, -0.2) is 4.98 Å². The van der Waals surface area contributed by atoms with Gasteiger partial charge in [0.2, 0.25) is 0 Å². The van der Waals surface area contributed by atoms with Crippen LogP contribution in [0.2, 0.25) is 0 Å². The van der Waals surface area contributed by atoms with E-state index in [9.17, 15) is 0 Å². The van der Waals surface area contributed by atoms with Crippen LogP contribution in [0.25, 0.3) is 11.3 Å². The maximum absolute atomic E-state index is 5.41. The van der Waals surface area contributed by atoms with Crippen LogP contribution in [0.4, 0.5) is 0 Å². The SMILES string of the molecule is COc1ccc(OC)c(-c2cnc(CNCC3CC3)[nH]2)c1. The van der Waals surface area contributed by atoms with Crippen LogP contribution in [0.3, 0.4) is 0 Å². The van der Waals surface area contributed by atoms with Crippen molar-refractivity contribution < 1.29 is 9.47 Å². The third-order valence-corrected chi connectivity index (χ3v) is 3.75. The van der Waals surface area contributed by atoms with Crippen molar-refractivity contribution in [3.8, 4) is 22.8 Å². The predicted octanol–water partition coefficient (Wildman–Crippen LogP) is 2.59. The summed E-state index contributed by atoms with van der Waals surface area (Å²) in [4.78, 5) is 7.77. The van der Waals surface area contributed by atoms with Gasteiger partial charge in [0.15, 0.2) is 0 Å². The lowest BCUT2D eigenvalue weighted by molar-refractivity contribution is 0.404. The molecule has 3 rings (SSSR count). The first kappa shape index (κ1) is 13.9. The Morgan fingerprint density at radius 2 is 2.14 bits per heavy atom. The molecule has 5 nitrogen and oxygen atoms in total. The number of H-pyrrole nitrogens is 1. The van der Waals surface area contributed by atoms with Crippen molar-refractivity contribution >= 4 is 0 Å².